The van der Waals surface area contributed by atoms with E-state index in [1.165, 1.54) is 122 Å². The molecule has 0 N–H and O–H groups in total. The first-order chi connectivity index (χ1) is 13.2. The summed E-state index contributed by atoms with van der Waals surface area (Å²) in [5.41, 5.74) is 0. The summed E-state index contributed by atoms with van der Waals surface area (Å²) in [5, 5.41) is 0. The van der Waals surface area contributed by atoms with E-state index in [9.17, 15) is 0 Å². The maximum atomic E-state index is 4.00. The van der Waals surface area contributed by atoms with E-state index in [4.69, 9.17) is 0 Å². The Bertz CT molecular complexity index is 257. The van der Waals surface area contributed by atoms with Crippen molar-refractivity contribution in [2.24, 2.45) is 11.8 Å². The van der Waals surface area contributed by atoms with Gasteiger partial charge in [0.25, 0.3) is 0 Å². The molecule has 0 heteroatoms. The molecule has 0 saturated heterocycles. The van der Waals surface area contributed by atoms with Crippen molar-refractivity contribution in [1.82, 2.24) is 0 Å². The van der Waals surface area contributed by atoms with Crippen LogP contribution >= 0.6 is 0 Å². The lowest BCUT2D eigenvalue weighted by Gasteiger charge is -2.19. The highest BCUT2D eigenvalue weighted by Crippen LogP contribution is 2.24. The van der Waals surface area contributed by atoms with Gasteiger partial charge in [0.15, 0.2) is 0 Å². The average Bonchev–Trinajstić information content (AvgIpc) is 2.66. The summed E-state index contributed by atoms with van der Waals surface area (Å²) in [7, 11) is 0. The largest absolute Gasteiger partial charge is 0.0654 e. The second kappa shape index (κ2) is 22.3. The molecule has 2 unspecified atom stereocenters. The lowest BCUT2D eigenvalue weighted by molar-refractivity contribution is 0.359. The van der Waals surface area contributed by atoms with Crippen LogP contribution in [-0.2, 0) is 0 Å². The van der Waals surface area contributed by atoms with Crippen LogP contribution in [0.4, 0.5) is 0 Å². The quantitative estimate of drug-likeness (QED) is 0.164. The van der Waals surface area contributed by atoms with Gasteiger partial charge in [0.1, 0.15) is 0 Å². The van der Waals surface area contributed by atoms with Crippen LogP contribution in [0.5, 0.6) is 0 Å². The molecule has 0 aliphatic rings. The minimum atomic E-state index is 0.863. The van der Waals surface area contributed by atoms with Crippen LogP contribution < -0.4 is 0 Å². The van der Waals surface area contributed by atoms with Crippen molar-refractivity contribution in [2.45, 2.75) is 149 Å². The fourth-order valence-electron chi connectivity index (χ4n) is 4.30. The Kier molecular flexibility index (Phi) is 22.3. The Balaban J connectivity index is 3.24. The van der Waals surface area contributed by atoms with E-state index in [0.29, 0.717) is 0 Å². The van der Waals surface area contributed by atoms with Crippen LogP contribution in [0.2, 0.25) is 0 Å². The smallest absolute Gasteiger partial charge is 0.0383 e. The maximum absolute atomic E-state index is 4.00. The Morgan fingerprint density at radius 3 is 1.63 bits per heavy atom. The third-order valence-electron chi connectivity index (χ3n) is 6.27. The van der Waals surface area contributed by atoms with Crippen molar-refractivity contribution in [1.29, 1.82) is 0 Å². The second-order valence-electron chi connectivity index (χ2n) is 9.17. The van der Waals surface area contributed by atoms with Gasteiger partial charge in [-0.3, -0.25) is 0 Å². The maximum Gasteiger partial charge on any atom is -0.0383 e. The molecule has 0 rings (SSSR count). The molecule has 0 fully saturated rings. The summed E-state index contributed by atoms with van der Waals surface area (Å²) in [6.07, 6.45) is 30.8. The fourth-order valence-corrected chi connectivity index (χ4v) is 4.30. The molecule has 0 heterocycles. The fraction of sp³-hybridized carbons (Fsp3) is 0.926. The van der Waals surface area contributed by atoms with E-state index in [-0.39, 0.29) is 0 Å². The summed E-state index contributed by atoms with van der Waals surface area (Å²) in [6.45, 7) is 11.1. The van der Waals surface area contributed by atoms with Crippen molar-refractivity contribution in [3.63, 3.8) is 0 Å². The highest BCUT2D eigenvalue weighted by atomic mass is 14.2. The first kappa shape index (κ1) is 27.0. The molecule has 0 amide bonds. The summed E-state index contributed by atoms with van der Waals surface area (Å²) in [6, 6.07) is 0. The highest BCUT2D eigenvalue weighted by Gasteiger charge is 2.10. The summed E-state index contributed by atoms with van der Waals surface area (Å²) in [5.74, 6) is 1.78. The summed E-state index contributed by atoms with van der Waals surface area (Å²) < 4.78 is 0. The highest BCUT2D eigenvalue weighted by molar-refractivity contribution is 4.72. The van der Waals surface area contributed by atoms with Crippen LogP contribution in [0.3, 0.4) is 0 Å². The lowest BCUT2D eigenvalue weighted by atomic mass is 9.87. The molecular formula is C27H54. The van der Waals surface area contributed by atoms with E-state index in [1.54, 1.807) is 0 Å². The molecule has 0 aromatic heterocycles. The Labute approximate surface area is 174 Å². The molecule has 0 spiro atoms. The first-order valence-corrected chi connectivity index (χ1v) is 12.8. The van der Waals surface area contributed by atoms with Gasteiger partial charge in [-0.05, 0) is 31.1 Å². The zero-order valence-corrected chi connectivity index (χ0v) is 19.6. The average molecular weight is 379 g/mol. The van der Waals surface area contributed by atoms with Crippen LogP contribution in [0.15, 0.2) is 0 Å². The molecule has 0 nitrogen and oxygen atoms in total. The predicted octanol–water partition coefficient (Wildman–Crippen LogP) is 10.1. The number of unbranched alkanes of at least 4 members (excludes halogenated alkanes) is 15. The van der Waals surface area contributed by atoms with Crippen molar-refractivity contribution in [3.05, 3.63) is 13.3 Å². The van der Waals surface area contributed by atoms with E-state index in [0.717, 1.165) is 18.3 Å². The van der Waals surface area contributed by atoms with Gasteiger partial charge in [0, 0.05) is 0 Å². The normalized spacial score (nSPS) is 13.8. The van der Waals surface area contributed by atoms with Crippen molar-refractivity contribution < 1.29 is 0 Å². The molecule has 162 valence electrons. The van der Waals surface area contributed by atoms with Crippen molar-refractivity contribution in [2.75, 3.05) is 0 Å². The lowest BCUT2D eigenvalue weighted by Crippen LogP contribution is -2.06. The van der Waals surface area contributed by atoms with Crippen LogP contribution in [0.25, 0.3) is 0 Å². The Morgan fingerprint density at radius 1 is 0.704 bits per heavy atom. The summed E-state index contributed by atoms with van der Waals surface area (Å²) >= 11 is 0. The molecule has 2 atom stereocenters. The first-order valence-electron chi connectivity index (χ1n) is 12.8. The summed E-state index contributed by atoms with van der Waals surface area (Å²) in [4.78, 5) is 0. The van der Waals surface area contributed by atoms with E-state index >= 15 is 0 Å². The minimum absolute atomic E-state index is 0.863. The SMILES string of the molecule is [CH2]CCC(C)CC(CC)C[CH]CCCCCCCCCCCCCCCC. The third-order valence-corrected chi connectivity index (χ3v) is 6.27. The molecule has 0 aliphatic heterocycles. The van der Waals surface area contributed by atoms with Gasteiger partial charge in [-0.1, -0.05) is 143 Å². The van der Waals surface area contributed by atoms with Gasteiger partial charge in [0.05, 0.1) is 0 Å². The molecule has 27 heavy (non-hydrogen) atoms. The third kappa shape index (κ3) is 20.5. The molecule has 2 radical (unpaired) electrons. The van der Waals surface area contributed by atoms with Gasteiger partial charge in [-0.15, -0.1) is 0 Å². The molecule has 0 saturated carbocycles. The van der Waals surface area contributed by atoms with E-state index in [2.05, 4.69) is 34.1 Å². The van der Waals surface area contributed by atoms with Gasteiger partial charge in [-0.2, -0.15) is 0 Å². The minimum Gasteiger partial charge on any atom is -0.0654 e. The molecule has 0 aliphatic carbocycles. The Morgan fingerprint density at radius 2 is 1.19 bits per heavy atom. The van der Waals surface area contributed by atoms with E-state index in [1.807, 2.05) is 0 Å². The van der Waals surface area contributed by atoms with Crippen LogP contribution in [0.1, 0.15) is 149 Å². The van der Waals surface area contributed by atoms with Gasteiger partial charge in [-0.25, -0.2) is 0 Å². The topological polar surface area (TPSA) is 0 Å². The number of hydrogen-bond donors (Lipinski definition) is 0. The Hall–Kier alpha value is 0. The van der Waals surface area contributed by atoms with E-state index < -0.39 is 0 Å². The number of hydrogen-bond acceptors (Lipinski definition) is 0. The van der Waals surface area contributed by atoms with Crippen LogP contribution in [-0.4, -0.2) is 0 Å². The van der Waals surface area contributed by atoms with Crippen molar-refractivity contribution >= 4 is 0 Å². The van der Waals surface area contributed by atoms with Gasteiger partial charge < -0.3 is 0 Å². The molecule has 0 bridgehead atoms. The molecular weight excluding hydrogens is 324 g/mol. The zero-order chi connectivity index (χ0) is 20.0. The molecule has 0 aromatic carbocycles. The predicted molar refractivity (Wildman–Crippen MR) is 126 cm³/mol. The number of rotatable bonds is 22. The molecule has 0 aromatic rings. The van der Waals surface area contributed by atoms with Gasteiger partial charge >= 0.3 is 0 Å². The second-order valence-corrected chi connectivity index (χ2v) is 9.17. The standard InChI is InChI=1S/C27H54/c1-5-8-9-10-11-12-13-14-15-16-17-18-19-20-21-22-24-27(7-3)25-26(4)23-6-2/h22,26-27H,2,5-21,23-25H2,1,3-4H3. The zero-order valence-electron chi connectivity index (χ0n) is 19.6. The monoisotopic (exact) mass is 378 g/mol. The van der Waals surface area contributed by atoms with Crippen molar-refractivity contribution in [3.8, 4) is 0 Å². The van der Waals surface area contributed by atoms with Gasteiger partial charge in [0.2, 0.25) is 0 Å². The van der Waals surface area contributed by atoms with Crippen LogP contribution in [0, 0.1) is 25.2 Å².